The van der Waals surface area contributed by atoms with Crippen LogP contribution in [0, 0.1) is 16.7 Å². The van der Waals surface area contributed by atoms with Crippen LogP contribution in [0.1, 0.15) is 39.0 Å². The third-order valence-electron chi connectivity index (χ3n) is 3.40. The number of hydrogen-bond donors (Lipinski definition) is 0. The molecule has 1 aliphatic rings. The second kappa shape index (κ2) is 5.74. The van der Waals surface area contributed by atoms with Gasteiger partial charge in [-0.25, -0.2) is 4.79 Å². The number of rotatable bonds is 3. The van der Waals surface area contributed by atoms with Crippen LogP contribution in [0.2, 0.25) is 0 Å². The summed E-state index contributed by atoms with van der Waals surface area (Å²) in [5, 5.41) is 9.27. The molecule has 1 heterocycles. The van der Waals surface area contributed by atoms with E-state index in [1.807, 2.05) is 0 Å². The predicted molar refractivity (Wildman–Crippen MR) is 60.8 cm³/mol. The fourth-order valence-electron chi connectivity index (χ4n) is 2.18. The number of carbonyl (C=O) groups is 1. The van der Waals surface area contributed by atoms with Crippen molar-refractivity contribution in [1.29, 1.82) is 5.26 Å². The largest absolute Gasteiger partial charge is 0.453 e. The third-order valence-corrected chi connectivity index (χ3v) is 3.40. The summed E-state index contributed by atoms with van der Waals surface area (Å²) in [7, 11) is 1.39. The lowest BCUT2D eigenvalue weighted by Crippen LogP contribution is -2.42. The van der Waals surface area contributed by atoms with Crippen LogP contribution in [0.4, 0.5) is 4.79 Å². The number of nitriles is 1. The number of amides is 1. The Labute approximate surface area is 97.2 Å². The number of carbonyl (C=O) groups excluding carboxylic acids is 1. The van der Waals surface area contributed by atoms with Crippen molar-refractivity contribution in [3.8, 4) is 6.07 Å². The molecular weight excluding hydrogens is 204 g/mol. The van der Waals surface area contributed by atoms with E-state index in [4.69, 9.17) is 0 Å². The molecule has 0 spiro atoms. The molecule has 4 heteroatoms. The Kier molecular flexibility index (Phi) is 4.60. The van der Waals surface area contributed by atoms with Gasteiger partial charge in [-0.3, -0.25) is 0 Å². The van der Waals surface area contributed by atoms with Crippen LogP contribution in [0.3, 0.4) is 0 Å². The maximum Gasteiger partial charge on any atom is 0.409 e. The minimum absolute atomic E-state index is 0.208. The van der Waals surface area contributed by atoms with Crippen LogP contribution in [0.15, 0.2) is 0 Å². The molecule has 1 rings (SSSR count). The molecule has 0 aliphatic carbocycles. The lowest BCUT2D eigenvalue weighted by atomic mass is 9.76. The number of piperidine rings is 1. The van der Waals surface area contributed by atoms with Gasteiger partial charge in [-0.15, -0.1) is 0 Å². The number of ether oxygens (including phenoxy) is 1. The van der Waals surface area contributed by atoms with Gasteiger partial charge in [0.15, 0.2) is 0 Å². The molecule has 4 nitrogen and oxygen atoms in total. The summed E-state index contributed by atoms with van der Waals surface area (Å²) in [5.41, 5.74) is -0.208. The summed E-state index contributed by atoms with van der Waals surface area (Å²) in [6.45, 7) is 3.42. The van der Waals surface area contributed by atoms with Crippen LogP contribution in [-0.2, 0) is 4.74 Å². The highest BCUT2D eigenvalue weighted by atomic mass is 16.5. The van der Waals surface area contributed by atoms with Gasteiger partial charge in [-0.05, 0) is 19.3 Å². The highest BCUT2D eigenvalue weighted by Gasteiger charge is 2.35. The molecule has 0 unspecified atom stereocenters. The summed E-state index contributed by atoms with van der Waals surface area (Å²) < 4.78 is 4.68. The van der Waals surface area contributed by atoms with Gasteiger partial charge in [-0.1, -0.05) is 19.8 Å². The first-order valence-corrected chi connectivity index (χ1v) is 5.91. The fraction of sp³-hybridized carbons (Fsp3) is 0.833. The Hall–Kier alpha value is -1.24. The van der Waals surface area contributed by atoms with E-state index in [0.717, 1.165) is 32.1 Å². The average molecular weight is 224 g/mol. The van der Waals surface area contributed by atoms with Crippen molar-refractivity contribution in [3.63, 3.8) is 0 Å². The van der Waals surface area contributed by atoms with E-state index in [0.29, 0.717) is 13.1 Å². The molecule has 0 bridgehead atoms. The highest BCUT2D eigenvalue weighted by molar-refractivity contribution is 5.67. The van der Waals surface area contributed by atoms with Crippen LogP contribution < -0.4 is 0 Å². The Morgan fingerprint density at radius 3 is 2.56 bits per heavy atom. The Morgan fingerprint density at radius 1 is 1.50 bits per heavy atom. The van der Waals surface area contributed by atoms with E-state index in [-0.39, 0.29) is 11.5 Å². The molecule has 0 atom stereocenters. The van der Waals surface area contributed by atoms with E-state index >= 15 is 0 Å². The number of hydrogen-bond acceptors (Lipinski definition) is 3. The molecule has 0 radical (unpaired) electrons. The molecule has 1 amide bonds. The standard InChI is InChI=1S/C12H20N2O2/c1-3-4-5-12(10-13)6-8-14(9-7-12)11(15)16-2/h3-9H2,1-2H3. The maximum atomic E-state index is 11.3. The third kappa shape index (κ3) is 2.88. The van der Waals surface area contributed by atoms with Crippen LogP contribution >= 0.6 is 0 Å². The SMILES string of the molecule is CCCCC1(C#N)CCN(C(=O)OC)CC1. The molecule has 1 saturated heterocycles. The molecular formula is C12H20N2O2. The Bertz CT molecular complexity index is 275. The van der Waals surface area contributed by atoms with E-state index in [9.17, 15) is 10.1 Å². The summed E-state index contributed by atoms with van der Waals surface area (Å²) in [5.74, 6) is 0. The van der Waals surface area contributed by atoms with Crippen molar-refractivity contribution in [2.45, 2.75) is 39.0 Å². The number of nitrogens with zero attached hydrogens (tertiary/aromatic N) is 2. The van der Waals surface area contributed by atoms with E-state index < -0.39 is 0 Å². The quantitative estimate of drug-likeness (QED) is 0.740. The van der Waals surface area contributed by atoms with Gasteiger partial charge >= 0.3 is 6.09 Å². The first-order chi connectivity index (χ1) is 7.67. The molecule has 16 heavy (non-hydrogen) atoms. The molecule has 0 aromatic carbocycles. The zero-order chi connectivity index (χ0) is 12.0. The number of methoxy groups -OCH3 is 1. The van der Waals surface area contributed by atoms with Crippen molar-refractivity contribution < 1.29 is 9.53 Å². The van der Waals surface area contributed by atoms with Gasteiger partial charge in [-0.2, -0.15) is 5.26 Å². The molecule has 1 aliphatic heterocycles. The monoisotopic (exact) mass is 224 g/mol. The molecule has 0 saturated carbocycles. The lowest BCUT2D eigenvalue weighted by Gasteiger charge is -2.36. The topological polar surface area (TPSA) is 53.3 Å². The van der Waals surface area contributed by atoms with Crippen LogP contribution in [-0.4, -0.2) is 31.2 Å². The first kappa shape index (κ1) is 12.8. The van der Waals surface area contributed by atoms with Crippen LogP contribution in [0.5, 0.6) is 0 Å². The van der Waals surface area contributed by atoms with E-state index in [1.165, 1.54) is 7.11 Å². The van der Waals surface area contributed by atoms with Crippen LogP contribution in [0.25, 0.3) is 0 Å². The molecule has 0 aromatic rings. The van der Waals surface area contributed by atoms with Gasteiger partial charge in [0.05, 0.1) is 18.6 Å². The maximum absolute atomic E-state index is 11.3. The predicted octanol–water partition coefficient (Wildman–Crippen LogP) is 2.55. The number of likely N-dealkylation sites (tertiary alicyclic amines) is 1. The lowest BCUT2D eigenvalue weighted by molar-refractivity contribution is 0.0915. The first-order valence-electron chi connectivity index (χ1n) is 5.91. The zero-order valence-corrected chi connectivity index (χ0v) is 10.2. The highest BCUT2D eigenvalue weighted by Crippen LogP contribution is 2.35. The van der Waals surface area contributed by atoms with Gasteiger partial charge in [0, 0.05) is 13.1 Å². The van der Waals surface area contributed by atoms with E-state index in [1.54, 1.807) is 4.90 Å². The van der Waals surface area contributed by atoms with Gasteiger partial charge in [0.1, 0.15) is 0 Å². The summed E-state index contributed by atoms with van der Waals surface area (Å²) in [6, 6.07) is 2.45. The average Bonchev–Trinajstić information content (AvgIpc) is 2.36. The molecule has 1 fully saturated rings. The van der Waals surface area contributed by atoms with Crippen molar-refractivity contribution in [1.82, 2.24) is 4.90 Å². The summed E-state index contributed by atoms with van der Waals surface area (Å²) in [4.78, 5) is 13.0. The van der Waals surface area contributed by atoms with Gasteiger partial charge in [0.2, 0.25) is 0 Å². The minimum Gasteiger partial charge on any atom is -0.453 e. The second-order valence-electron chi connectivity index (χ2n) is 4.45. The van der Waals surface area contributed by atoms with Crippen molar-refractivity contribution >= 4 is 6.09 Å². The minimum atomic E-state index is -0.276. The molecule has 90 valence electrons. The van der Waals surface area contributed by atoms with Gasteiger partial charge < -0.3 is 9.64 Å². The fourth-order valence-corrected chi connectivity index (χ4v) is 2.18. The van der Waals surface area contributed by atoms with Crippen molar-refractivity contribution in [2.24, 2.45) is 5.41 Å². The van der Waals surface area contributed by atoms with E-state index in [2.05, 4.69) is 17.7 Å². The Morgan fingerprint density at radius 2 is 2.12 bits per heavy atom. The smallest absolute Gasteiger partial charge is 0.409 e. The Balaban J connectivity index is 2.51. The van der Waals surface area contributed by atoms with Gasteiger partial charge in [0.25, 0.3) is 0 Å². The zero-order valence-electron chi connectivity index (χ0n) is 10.2. The molecule has 0 N–H and O–H groups in total. The number of unbranched alkanes of at least 4 members (excludes halogenated alkanes) is 1. The molecule has 0 aromatic heterocycles. The summed E-state index contributed by atoms with van der Waals surface area (Å²) >= 11 is 0. The normalized spacial score (nSPS) is 18.9. The second-order valence-corrected chi connectivity index (χ2v) is 4.45. The van der Waals surface area contributed by atoms with Crippen molar-refractivity contribution in [2.75, 3.05) is 20.2 Å². The summed E-state index contributed by atoms with van der Waals surface area (Å²) in [6.07, 6.45) is 4.43. The van der Waals surface area contributed by atoms with Crippen molar-refractivity contribution in [3.05, 3.63) is 0 Å².